The van der Waals surface area contributed by atoms with Gasteiger partial charge in [-0.05, 0) is 48.9 Å². The minimum atomic E-state index is -5.16. The van der Waals surface area contributed by atoms with Crippen molar-refractivity contribution in [2.75, 3.05) is 7.11 Å². The van der Waals surface area contributed by atoms with E-state index in [1.807, 2.05) is 22.6 Å². The molecule has 1 aromatic rings. The molecule has 0 saturated carbocycles. The van der Waals surface area contributed by atoms with E-state index in [2.05, 4.69) is 4.74 Å². The van der Waals surface area contributed by atoms with Crippen molar-refractivity contribution in [2.24, 2.45) is 0 Å². The van der Waals surface area contributed by atoms with Crippen LogP contribution in [0.5, 0.6) is 0 Å². The molecule has 19 heavy (non-hydrogen) atoms. The fourth-order valence-electron chi connectivity index (χ4n) is 2.11. The number of benzene rings is 1. The molecule has 0 fully saturated rings. The van der Waals surface area contributed by atoms with E-state index in [1.165, 1.54) is 13.8 Å². The van der Waals surface area contributed by atoms with Crippen LogP contribution in [-0.4, -0.2) is 20.1 Å². The van der Waals surface area contributed by atoms with Crippen molar-refractivity contribution in [1.82, 2.24) is 0 Å². The zero-order valence-electron chi connectivity index (χ0n) is 11.4. The Kier molecular flexibility index (Phi) is 7.61. The zero-order valence-corrected chi connectivity index (χ0v) is 16.7. The molecule has 2 nitrogen and oxygen atoms in total. The van der Waals surface area contributed by atoms with Gasteiger partial charge in [0.1, 0.15) is 0 Å². The average molecular weight is 410 g/mol. The van der Waals surface area contributed by atoms with Crippen molar-refractivity contribution in [3.63, 3.8) is 0 Å². The number of carbonyl (C=O) groups is 1. The van der Waals surface area contributed by atoms with Crippen LogP contribution in [0.15, 0.2) is 0 Å². The van der Waals surface area contributed by atoms with Gasteiger partial charge in [-0.3, -0.25) is 0 Å². The number of methoxy groups -OCH3 is 1. The van der Waals surface area contributed by atoms with Gasteiger partial charge in [-0.1, -0.05) is 11.1 Å². The van der Waals surface area contributed by atoms with Crippen molar-refractivity contribution in [2.45, 2.75) is 20.8 Å². The second-order valence-electron chi connectivity index (χ2n) is 4.04. The maximum absolute atomic E-state index is 13.1. The van der Waals surface area contributed by atoms with Crippen LogP contribution >= 0.6 is 22.6 Å². The van der Waals surface area contributed by atoms with Crippen molar-refractivity contribution >= 4 is 41.0 Å². The molecule has 0 aliphatic carbocycles. The summed E-state index contributed by atoms with van der Waals surface area (Å²) in [5, 5.41) is 0. The molecule has 1 rings (SSSR count). The Bertz CT molecular complexity index is 518. The third-order valence-electron chi connectivity index (χ3n) is 2.93. The molecule has 0 radical (unpaired) electrons. The Morgan fingerprint density at radius 2 is 1.58 bits per heavy atom. The van der Waals surface area contributed by atoms with Gasteiger partial charge in [-0.2, -0.15) is 0 Å². The Morgan fingerprint density at radius 3 is 1.95 bits per heavy atom. The van der Waals surface area contributed by atoms with E-state index in [4.69, 9.17) is 0 Å². The summed E-state index contributed by atoms with van der Waals surface area (Å²) in [4.78, 5) is 11.6. The monoisotopic (exact) mass is 410 g/mol. The van der Waals surface area contributed by atoms with E-state index in [-0.39, 0.29) is 68.1 Å². The molecular formula is C11H12BF3IKO2. The first kappa shape index (κ1) is 19.9. The van der Waals surface area contributed by atoms with Gasteiger partial charge in [0.25, 0.3) is 0 Å². The van der Waals surface area contributed by atoms with Crippen molar-refractivity contribution < 1.29 is 73.9 Å². The molecule has 1 aromatic carbocycles. The molecule has 0 aromatic heterocycles. The Hall–Kier alpha value is 0.911. The molecule has 8 heteroatoms. The number of esters is 1. The van der Waals surface area contributed by atoms with E-state index in [1.54, 1.807) is 6.92 Å². The minimum absolute atomic E-state index is 0. The summed E-state index contributed by atoms with van der Waals surface area (Å²) < 4.78 is 44.2. The van der Waals surface area contributed by atoms with E-state index in [0.717, 1.165) is 7.11 Å². The molecule has 100 valence electrons. The summed E-state index contributed by atoms with van der Waals surface area (Å²) in [5.74, 6) is -0.732. The maximum Gasteiger partial charge on any atom is 1.00 e. The van der Waals surface area contributed by atoms with Crippen molar-refractivity contribution in [3.05, 3.63) is 25.8 Å². The molecular weight excluding hydrogens is 398 g/mol. The van der Waals surface area contributed by atoms with Crippen LogP contribution in [0, 0.1) is 24.3 Å². The molecule has 0 bridgehead atoms. The van der Waals surface area contributed by atoms with Crippen molar-refractivity contribution in [3.8, 4) is 0 Å². The summed E-state index contributed by atoms with van der Waals surface area (Å²) in [5.41, 5.74) is -0.0242. The van der Waals surface area contributed by atoms with E-state index in [0.29, 0.717) is 9.13 Å². The second kappa shape index (κ2) is 7.26. The number of hydrogen-bond acceptors (Lipinski definition) is 2. The predicted octanol–water partition coefficient (Wildman–Crippen LogP) is 0.0615. The fourth-order valence-corrected chi connectivity index (χ4v) is 2.67. The van der Waals surface area contributed by atoms with Crippen molar-refractivity contribution in [1.29, 1.82) is 0 Å². The largest absolute Gasteiger partial charge is 1.00 e. The van der Waals surface area contributed by atoms with Crippen LogP contribution in [0.4, 0.5) is 12.9 Å². The molecule has 0 saturated heterocycles. The van der Waals surface area contributed by atoms with Crippen LogP contribution in [-0.2, 0) is 4.74 Å². The summed E-state index contributed by atoms with van der Waals surface area (Å²) in [6.45, 7) is -0.793. The number of rotatable bonds is 2. The topological polar surface area (TPSA) is 26.3 Å². The third kappa shape index (κ3) is 3.97. The number of halogens is 4. The first-order valence-corrected chi connectivity index (χ1v) is 6.28. The average Bonchev–Trinajstić information content (AvgIpc) is 2.24. The van der Waals surface area contributed by atoms with E-state index in [9.17, 15) is 17.7 Å². The van der Waals surface area contributed by atoms with Crippen LogP contribution < -0.4 is 56.8 Å². The number of ether oxygens (including phenoxy) is 1. The second-order valence-corrected chi connectivity index (χ2v) is 5.12. The van der Waals surface area contributed by atoms with Gasteiger partial charge >= 0.3 is 64.3 Å². The molecule has 0 atom stereocenters. The first-order chi connectivity index (χ1) is 8.12. The van der Waals surface area contributed by atoms with E-state index >= 15 is 0 Å². The summed E-state index contributed by atoms with van der Waals surface area (Å²) in [6.07, 6.45) is 0. The van der Waals surface area contributed by atoms with Gasteiger partial charge in [-0.25, -0.2) is 4.79 Å². The maximum atomic E-state index is 13.1. The van der Waals surface area contributed by atoms with Gasteiger partial charge in [0.15, 0.2) is 0 Å². The normalized spacial score (nSPS) is 10.9. The number of hydrogen-bond donors (Lipinski definition) is 0. The predicted molar refractivity (Wildman–Crippen MR) is 73.4 cm³/mol. The molecule has 0 aliphatic rings. The molecule has 0 spiro atoms. The van der Waals surface area contributed by atoms with Crippen LogP contribution in [0.25, 0.3) is 0 Å². The van der Waals surface area contributed by atoms with Crippen LogP contribution in [0.2, 0.25) is 0 Å². The summed E-state index contributed by atoms with van der Waals surface area (Å²) in [7, 11) is 1.16. The first-order valence-electron chi connectivity index (χ1n) is 5.20. The molecule has 0 aliphatic heterocycles. The smallest absolute Gasteiger partial charge is 0.465 e. The standard InChI is InChI=1S/C11H12BF3IO2.K/c1-5-8(11(17)18-4)6(2)10(16)7(3)9(5)12(13,14)15;/h1-4H3;/q-1;+1. The Labute approximate surface area is 166 Å². The van der Waals surface area contributed by atoms with Gasteiger partial charge in [0, 0.05) is 3.57 Å². The SMILES string of the molecule is COC(=O)c1c(C)c(I)c(C)c([B-](F)(F)F)c1C.[K+]. The van der Waals surface area contributed by atoms with Gasteiger partial charge in [0.2, 0.25) is 0 Å². The summed E-state index contributed by atoms with van der Waals surface area (Å²) >= 11 is 1.83. The Balaban J connectivity index is 0.00000324. The van der Waals surface area contributed by atoms with E-state index < -0.39 is 18.4 Å². The summed E-state index contributed by atoms with van der Waals surface area (Å²) in [6, 6.07) is 0. The zero-order chi connectivity index (χ0) is 14.2. The molecule has 0 heterocycles. The van der Waals surface area contributed by atoms with Gasteiger partial charge in [-0.15, -0.1) is 5.46 Å². The van der Waals surface area contributed by atoms with Gasteiger partial charge in [0.05, 0.1) is 12.7 Å². The van der Waals surface area contributed by atoms with Crippen LogP contribution in [0.3, 0.4) is 0 Å². The Morgan fingerprint density at radius 1 is 1.11 bits per heavy atom. The van der Waals surface area contributed by atoms with Gasteiger partial charge < -0.3 is 17.7 Å². The molecule has 0 unspecified atom stereocenters. The van der Waals surface area contributed by atoms with Crippen LogP contribution in [0.1, 0.15) is 27.0 Å². The molecule has 0 amide bonds. The molecule has 0 N–H and O–H groups in total. The fraction of sp³-hybridized carbons (Fsp3) is 0.364. The number of carbonyl (C=O) groups excluding carboxylic acids is 1. The quantitative estimate of drug-likeness (QED) is 0.392. The third-order valence-corrected chi connectivity index (χ3v) is 4.55. The minimum Gasteiger partial charge on any atom is -0.465 e.